The summed E-state index contributed by atoms with van der Waals surface area (Å²) in [4.78, 5) is 16.5. The Kier molecular flexibility index (Phi) is 9.11. The lowest BCUT2D eigenvalue weighted by atomic mass is 9.91. The first kappa shape index (κ1) is 30.3. The van der Waals surface area contributed by atoms with E-state index in [0.717, 1.165) is 0 Å². The van der Waals surface area contributed by atoms with Crippen LogP contribution in [0.3, 0.4) is 0 Å². The molecule has 1 saturated carbocycles. The lowest BCUT2D eigenvalue weighted by Gasteiger charge is -2.35. The third-order valence-electron chi connectivity index (χ3n) is 7.59. The first-order chi connectivity index (χ1) is 18.7. The molecule has 2 aromatic carbocycles. The van der Waals surface area contributed by atoms with Crippen molar-refractivity contribution in [2.24, 2.45) is 0 Å². The third-order valence-corrected chi connectivity index (χ3v) is 7.59. The molecule has 1 aliphatic carbocycles. The molecule has 2 fully saturated rings. The van der Waals surface area contributed by atoms with Crippen molar-refractivity contribution in [1.29, 1.82) is 0 Å². The van der Waals surface area contributed by atoms with E-state index in [2.05, 4.69) is 0 Å². The number of carbonyl (C=O) groups excluding carboxylic acids is 1. The molecule has 3 unspecified atom stereocenters. The van der Waals surface area contributed by atoms with Gasteiger partial charge in [0, 0.05) is 25.0 Å². The summed E-state index contributed by atoms with van der Waals surface area (Å²) in [6.45, 7) is 3.40. The average molecular weight is 577 g/mol. The molecule has 4 atom stereocenters. The number of morpholine rings is 1. The molecule has 0 radical (unpaired) electrons. The summed E-state index contributed by atoms with van der Waals surface area (Å²) in [5, 5.41) is 0. The van der Waals surface area contributed by atoms with Gasteiger partial charge in [-0.05, 0) is 68.3 Å². The van der Waals surface area contributed by atoms with Gasteiger partial charge in [0.05, 0.1) is 43.1 Å². The average Bonchev–Trinajstić information content (AvgIpc) is 3.31. The summed E-state index contributed by atoms with van der Waals surface area (Å²) in [6.07, 6.45) is -10.6. The standard InChI is InChI=1S/C28H31F7N2O3/c1-17(19-13-20(27(30,31)32)15-21(14-19)28(33,34)35)40-24-8-7-23(26(24)18-3-5-22(29)6-4-18)36(2)16-25(38)37-9-11-39-12-10-37/h3-6,13-15,17,23-24,26H,7-12,16H2,1-2H3/t17-,23?,24?,26?/m0/s1. The Morgan fingerprint density at radius 2 is 1.57 bits per heavy atom. The molecule has 0 aromatic heterocycles. The van der Waals surface area contributed by atoms with Gasteiger partial charge in [0.1, 0.15) is 5.82 Å². The van der Waals surface area contributed by atoms with Crippen LogP contribution in [-0.2, 0) is 26.6 Å². The van der Waals surface area contributed by atoms with E-state index >= 15 is 0 Å². The number of likely N-dealkylation sites (N-methyl/N-ethyl adjacent to an activating group) is 1. The number of amides is 1. The van der Waals surface area contributed by atoms with E-state index in [4.69, 9.17) is 9.47 Å². The SMILES string of the molecule is C[C@H](OC1CCC(N(C)CC(=O)N2CCOCC2)C1c1ccc(F)cc1)c1cc(C(F)(F)F)cc(C(F)(F)F)c1. The molecular formula is C28H31F7N2O3. The molecule has 0 spiro atoms. The van der Waals surface area contributed by atoms with Crippen molar-refractivity contribution in [3.63, 3.8) is 0 Å². The van der Waals surface area contributed by atoms with Crippen LogP contribution in [0.2, 0.25) is 0 Å². The lowest BCUT2D eigenvalue weighted by molar-refractivity contribution is -0.143. The van der Waals surface area contributed by atoms with Crippen molar-refractivity contribution in [1.82, 2.24) is 9.80 Å². The molecule has 40 heavy (non-hydrogen) atoms. The summed E-state index contributed by atoms with van der Waals surface area (Å²) in [7, 11) is 1.79. The van der Waals surface area contributed by atoms with Crippen LogP contribution in [0.4, 0.5) is 30.7 Å². The minimum atomic E-state index is -4.97. The molecule has 5 nitrogen and oxygen atoms in total. The summed E-state index contributed by atoms with van der Waals surface area (Å²) in [5.41, 5.74) is -2.37. The van der Waals surface area contributed by atoms with Gasteiger partial charge in [-0.1, -0.05) is 12.1 Å². The van der Waals surface area contributed by atoms with Crippen LogP contribution in [0.15, 0.2) is 42.5 Å². The van der Waals surface area contributed by atoms with Crippen LogP contribution in [-0.4, -0.2) is 67.7 Å². The van der Waals surface area contributed by atoms with Crippen LogP contribution in [0.5, 0.6) is 0 Å². The smallest absolute Gasteiger partial charge is 0.378 e. The molecule has 4 rings (SSSR count). The fourth-order valence-electron chi connectivity index (χ4n) is 5.51. The molecule has 220 valence electrons. The maximum absolute atomic E-state index is 13.7. The van der Waals surface area contributed by atoms with Crippen molar-refractivity contribution in [3.8, 4) is 0 Å². The summed E-state index contributed by atoms with van der Waals surface area (Å²) in [6, 6.07) is 6.94. The fourth-order valence-corrected chi connectivity index (χ4v) is 5.51. The van der Waals surface area contributed by atoms with Gasteiger partial charge in [-0.3, -0.25) is 9.69 Å². The summed E-state index contributed by atoms with van der Waals surface area (Å²) in [5.74, 6) is -0.938. The molecule has 2 aromatic rings. The number of benzene rings is 2. The van der Waals surface area contributed by atoms with Crippen LogP contribution < -0.4 is 0 Å². The molecule has 1 heterocycles. The number of hydrogen-bond donors (Lipinski definition) is 0. The van der Waals surface area contributed by atoms with E-state index in [1.54, 1.807) is 24.1 Å². The summed E-state index contributed by atoms with van der Waals surface area (Å²) < 4.78 is 106. The van der Waals surface area contributed by atoms with E-state index in [1.165, 1.54) is 19.1 Å². The van der Waals surface area contributed by atoms with E-state index in [0.29, 0.717) is 56.8 Å². The Labute approximate surface area is 227 Å². The van der Waals surface area contributed by atoms with Gasteiger partial charge < -0.3 is 14.4 Å². The molecular weight excluding hydrogens is 545 g/mol. The number of alkyl halides is 6. The highest BCUT2D eigenvalue weighted by Crippen LogP contribution is 2.43. The predicted octanol–water partition coefficient (Wildman–Crippen LogP) is 6.05. The first-order valence-corrected chi connectivity index (χ1v) is 13.0. The first-order valence-electron chi connectivity index (χ1n) is 13.0. The normalized spacial score (nSPS) is 23.1. The minimum absolute atomic E-state index is 0.0787. The molecule has 0 N–H and O–H groups in total. The molecule has 0 bridgehead atoms. The number of rotatable bonds is 7. The van der Waals surface area contributed by atoms with Gasteiger partial charge >= 0.3 is 12.4 Å². The van der Waals surface area contributed by atoms with Gasteiger partial charge in [-0.25, -0.2) is 4.39 Å². The maximum Gasteiger partial charge on any atom is 0.416 e. The molecule has 1 amide bonds. The topological polar surface area (TPSA) is 42.0 Å². The van der Waals surface area contributed by atoms with Gasteiger partial charge in [0.2, 0.25) is 5.91 Å². The van der Waals surface area contributed by atoms with E-state index in [9.17, 15) is 35.5 Å². The van der Waals surface area contributed by atoms with Crippen molar-refractivity contribution < 1.29 is 45.0 Å². The number of hydrogen-bond acceptors (Lipinski definition) is 4. The van der Waals surface area contributed by atoms with Crippen LogP contribution in [0.1, 0.15) is 54.0 Å². The van der Waals surface area contributed by atoms with Crippen molar-refractivity contribution in [2.45, 2.75) is 56.3 Å². The number of carbonyl (C=O) groups is 1. The number of halogens is 7. The number of nitrogens with zero attached hydrogens (tertiary/aromatic N) is 2. The minimum Gasteiger partial charge on any atom is -0.378 e. The zero-order valence-corrected chi connectivity index (χ0v) is 22.1. The molecule has 1 saturated heterocycles. The van der Waals surface area contributed by atoms with Gasteiger partial charge in [0.15, 0.2) is 0 Å². The third kappa shape index (κ3) is 7.13. The van der Waals surface area contributed by atoms with Crippen molar-refractivity contribution >= 4 is 5.91 Å². The second-order valence-electron chi connectivity index (χ2n) is 10.3. The van der Waals surface area contributed by atoms with Gasteiger partial charge in [0.25, 0.3) is 0 Å². The van der Waals surface area contributed by atoms with Gasteiger partial charge in [-0.15, -0.1) is 0 Å². The van der Waals surface area contributed by atoms with Crippen molar-refractivity contribution in [2.75, 3.05) is 39.9 Å². The van der Waals surface area contributed by atoms with E-state index in [1.807, 2.05) is 4.90 Å². The highest BCUT2D eigenvalue weighted by molar-refractivity contribution is 5.78. The Morgan fingerprint density at radius 1 is 1.00 bits per heavy atom. The zero-order valence-electron chi connectivity index (χ0n) is 22.1. The highest BCUT2D eigenvalue weighted by Gasteiger charge is 2.42. The molecule has 1 aliphatic heterocycles. The maximum atomic E-state index is 13.7. The van der Waals surface area contributed by atoms with Crippen LogP contribution >= 0.6 is 0 Å². The number of ether oxygens (including phenoxy) is 2. The highest BCUT2D eigenvalue weighted by atomic mass is 19.4. The largest absolute Gasteiger partial charge is 0.416 e. The Balaban J connectivity index is 1.58. The molecule has 12 heteroatoms. The zero-order chi connectivity index (χ0) is 29.2. The predicted molar refractivity (Wildman–Crippen MR) is 132 cm³/mol. The van der Waals surface area contributed by atoms with Crippen LogP contribution in [0, 0.1) is 5.82 Å². The monoisotopic (exact) mass is 576 g/mol. The quantitative estimate of drug-likeness (QED) is 0.377. The van der Waals surface area contributed by atoms with Crippen molar-refractivity contribution in [3.05, 3.63) is 70.5 Å². The lowest BCUT2D eigenvalue weighted by Crippen LogP contribution is -2.47. The Bertz CT molecular complexity index is 1130. The van der Waals surface area contributed by atoms with Crippen LogP contribution in [0.25, 0.3) is 0 Å². The Morgan fingerprint density at radius 3 is 2.12 bits per heavy atom. The van der Waals surface area contributed by atoms with E-state index in [-0.39, 0.29) is 30.1 Å². The van der Waals surface area contributed by atoms with E-state index < -0.39 is 47.4 Å². The summed E-state index contributed by atoms with van der Waals surface area (Å²) >= 11 is 0. The fraction of sp³-hybridized carbons (Fsp3) is 0.536. The Hall–Kier alpha value is -2.70. The van der Waals surface area contributed by atoms with Gasteiger partial charge in [-0.2, -0.15) is 26.3 Å². The second-order valence-corrected chi connectivity index (χ2v) is 10.3. The second kappa shape index (κ2) is 12.0. The molecule has 2 aliphatic rings.